The number of aromatic nitrogens is 1. The van der Waals surface area contributed by atoms with Gasteiger partial charge in [0.25, 0.3) is 0 Å². The number of alkyl halides is 3. The number of hydrogen-bond donors (Lipinski definition) is 2. The molecule has 3 aromatic rings. The topological polar surface area (TPSA) is 41.8 Å². The molecule has 1 heterocycles. The number of benzene rings is 2. The number of fused-ring (bicyclic) bond motifs is 1. The van der Waals surface area contributed by atoms with Crippen LogP contribution in [0, 0.1) is 6.92 Å². The number of halogens is 3. The van der Waals surface area contributed by atoms with Crippen molar-refractivity contribution in [1.29, 1.82) is 0 Å². The molecule has 0 saturated heterocycles. The largest absolute Gasteiger partial charge is 0.416 e. The quantitative estimate of drug-likeness (QED) is 0.709. The van der Waals surface area contributed by atoms with Crippen LogP contribution in [0.25, 0.3) is 10.9 Å². The van der Waals surface area contributed by atoms with E-state index in [1.54, 1.807) is 6.07 Å². The lowest BCUT2D eigenvalue weighted by atomic mass is 9.89. The van der Waals surface area contributed by atoms with Gasteiger partial charge in [0.1, 0.15) is 0 Å². The summed E-state index contributed by atoms with van der Waals surface area (Å²) in [4.78, 5) is 3.33. The molecule has 0 radical (unpaired) electrons. The molecule has 1 atom stereocenters. The van der Waals surface area contributed by atoms with E-state index in [0.717, 1.165) is 28.2 Å². The van der Waals surface area contributed by atoms with Gasteiger partial charge < -0.3 is 10.7 Å². The smallest absolute Gasteiger partial charge is 0.358 e. The second-order valence-corrected chi connectivity index (χ2v) is 6.04. The van der Waals surface area contributed by atoms with Crippen LogP contribution in [0.2, 0.25) is 0 Å². The standard InChI is InChI=1S/C19H19F3N2/c1-12-18(16-7-2-3-8-17(16)24-12)14(11-23)9-13-5-4-6-15(10-13)19(20,21)22/h2-8,10,14,24H,9,11,23H2,1H3. The number of hydrogen-bond acceptors (Lipinski definition) is 1. The maximum absolute atomic E-state index is 12.9. The Morgan fingerprint density at radius 2 is 1.83 bits per heavy atom. The number of para-hydroxylation sites is 1. The Hall–Kier alpha value is -2.27. The van der Waals surface area contributed by atoms with Crippen LogP contribution < -0.4 is 5.73 Å². The zero-order valence-electron chi connectivity index (χ0n) is 13.3. The lowest BCUT2D eigenvalue weighted by molar-refractivity contribution is -0.137. The highest BCUT2D eigenvalue weighted by atomic mass is 19.4. The van der Waals surface area contributed by atoms with E-state index in [9.17, 15) is 13.2 Å². The predicted octanol–water partition coefficient (Wildman–Crippen LogP) is 4.78. The Balaban J connectivity index is 1.97. The van der Waals surface area contributed by atoms with Gasteiger partial charge in [-0.25, -0.2) is 0 Å². The van der Waals surface area contributed by atoms with Gasteiger partial charge in [0.2, 0.25) is 0 Å². The molecular weight excluding hydrogens is 313 g/mol. The number of H-pyrrole nitrogens is 1. The van der Waals surface area contributed by atoms with Crippen molar-refractivity contribution in [3.05, 3.63) is 70.9 Å². The number of aryl methyl sites for hydroxylation is 1. The first-order valence-corrected chi connectivity index (χ1v) is 7.83. The molecule has 126 valence electrons. The summed E-state index contributed by atoms with van der Waals surface area (Å²) < 4.78 is 38.7. The fraction of sp³-hybridized carbons (Fsp3) is 0.263. The number of rotatable bonds is 4. The molecule has 0 aliphatic rings. The van der Waals surface area contributed by atoms with Gasteiger partial charge in [-0.3, -0.25) is 0 Å². The third-order valence-corrected chi connectivity index (χ3v) is 4.37. The third kappa shape index (κ3) is 3.17. The van der Waals surface area contributed by atoms with Crippen molar-refractivity contribution < 1.29 is 13.2 Å². The van der Waals surface area contributed by atoms with Crippen molar-refractivity contribution in [1.82, 2.24) is 4.98 Å². The van der Waals surface area contributed by atoms with Crippen molar-refractivity contribution in [2.45, 2.75) is 25.4 Å². The molecule has 3 N–H and O–H groups in total. The first kappa shape index (κ1) is 16.6. The molecule has 3 rings (SSSR count). The highest BCUT2D eigenvalue weighted by molar-refractivity contribution is 5.85. The summed E-state index contributed by atoms with van der Waals surface area (Å²) >= 11 is 0. The molecule has 2 nitrogen and oxygen atoms in total. The minimum atomic E-state index is -4.33. The van der Waals surface area contributed by atoms with Gasteiger partial charge in [0.15, 0.2) is 0 Å². The minimum absolute atomic E-state index is 0.0374. The van der Waals surface area contributed by atoms with Gasteiger partial charge in [0, 0.05) is 22.5 Å². The van der Waals surface area contributed by atoms with E-state index in [1.165, 1.54) is 12.1 Å². The number of nitrogens with two attached hydrogens (primary N) is 1. The highest BCUT2D eigenvalue weighted by Gasteiger charge is 2.30. The van der Waals surface area contributed by atoms with E-state index in [4.69, 9.17) is 5.73 Å². The second kappa shape index (κ2) is 6.32. The van der Waals surface area contributed by atoms with E-state index >= 15 is 0 Å². The lowest BCUT2D eigenvalue weighted by Gasteiger charge is -2.17. The zero-order chi connectivity index (χ0) is 17.3. The molecule has 24 heavy (non-hydrogen) atoms. The number of aromatic amines is 1. The summed E-state index contributed by atoms with van der Waals surface area (Å²) in [5.41, 5.74) is 9.11. The average Bonchev–Trinajstić information content (AvgIpc) is 2.88. The molecule has 0 aliphatic carbocycles. The fourth-order valence-electron chi connectivity index (χ4n) is 3.29. The summed E-state index contributed by atoms with van der Waals surface area (Å²) in [7, 11) is 0. The van der Waals surface area contributed by atoms with Crippen LogP contribution in [-0.4, -0.2) is 11.5 Å². The van der Waals surface area contributed by atoms with Crippen molar-refractivity contribution in [3.63, 3.8) is 0 Å². The molecule has 0 bridgehead atoms. The zero-order valence-corrected chi connectivity index (χ0v) is 13.3. The van der Waals surface area contributed by atoms with Gasteiger partial charge >= 0.3 is 6.18 Å². The maximum Gasteiger partial charge on any atom is 0.416 e. The van der Waals surface area contributed by atoms with Gasteiger partial charge in [-0.15, -0.1) is 0 Å². The molecule has 2 aromatic carbocycles. The summed E-state index contributed by atoms with van der Waals surface area (Å²) in [6.45, 7) is 2.35. The Bertz CT molecular complexity index is 849. The summed E-state index contributed by atoms with van der Waals surface area (Å²) in [5.74, 6) is -0.0374. The normalized spacial score (nSPS) is 13.4. The molecule has 0 fully saturated rings. The van der Waals surface area contributed by atoms with Crippen molar-refractivity contribution in [2.24, 2.45) is 5.73 Å². The van der Waals surface area contributed by atoms with E-state index in [-0.39, 0.29) is 5.92 Å². The maximum atomic E-state index is 12.9. The van der Waals surface area contributed by atoms with Crippen LogP contribution in [-0.2, 0) is 12.6 Å². The minimum Gasteiger partial charge on any atom is -0.358 e. The lowest BCUT2D eigenvalue weighted by Crippen LogP contribution is -2.16. The van der Waals surface area contributed by atoms with Crippen molar-refractivity contribution in [2.75, 3.05) is 6.54 Å². The molecule has 0 aliphatic heterocycles. The Morgan fingerprint density at radius 1 is 1.08 bits per heavy atom. The first-order chi connectivity index (χ1) is 11.4. The van der Waals surface area contributed by atoms with Crippen molar-refractivity contribution in [3.8, 4) is 0 Å². The molecule has 1 unspecified atom stereocenters. The fourth-order valence-corrected chi connectivity index (χ4v) is 3.29. The van der Waals surface area contributed by atoms with E-state index in [0.29, 0.717) is 18.5 Å². The molecule has 5 heteroatoms. The Kier molecular flexibility index (Phi) is 4.37. The van der Waals surface area contributed by atoms with Crippen molar-refractivity contribution >= 4 is 10.9 Å². The highest BCUT2D eigenvalue weighted by Crippen LogP contribution is 2.33. The van der Waals surface area contributed by atoms with Gasteiger partial charge in [-0.05, 0) is 43.1 Å². The SMILES string of the molecule is Cc1[nH]c2ccccc2c1C(CN)Cc1cccc(C(F)(F)F)c1. The van der Waals surface area contributed by atoms with Crippen LogP contribution in [0.5, 0.6) is 0 Å². The third-order valence-electron chi connectivity index (χ3n) is 4.37. The average molecular weight is 332 g/mol. The van der Waals surface area contributed by atoms with Crippen LogP contribution in [0.3, 0.4) is 0 Å². The van der Waals surface area contributed by atoms with Crippen LogP contribution in [0.15, 0.2) is 48.5 Å². The Labute approximate surface area is 138 Å². The van der Waals surface area contributed by atoms with Crippen LogP contribution in [0.4, 0.5) is 13.2 Å². The number of nitrogens with one attached hydrogen (secondary N) is 1. The van der Waals surface area contributed by atoms with Gasteiger partial charge in [-0.2, -0.15) is 13.2 Å². The van der Waals surface area contributed by atoms with Crippen LogP contribution in [0.1, 0.15) is 28.3 Å². The Morgan fingerprint density at radius 3 is 2.54 bits per heavy atom. The van der Waals surface area contributed by atoms with Crippen LogP contribution >= 0.6 is 0 Å². The van der Waals surface area contributed by atoms with Gasteiger partial charge in [0.05, 0.1) is 5.56 Å². The molecule has 0 saturated carbocycles. The van der Waals surface area contributed by atoms with Gasteiger partial charge in [-0.1, -0.05) is 36.4 Å². The second-order valence-electron chi connectivity index (χ2n) is 6.04. The summed E-state index contributed by atoms with van der Waals surface area (Å²) in [6, 6.07) is 13.4. The van der Waals surface area contributed by atoms with E-state index in [2.05, 4.69) is 4.98 Å². The monoisotopic (exact) mass is 332 g/mol. The first-order valence-electron chi connectivity index (χ1n) is 7.83. The molecular formula is C19H19F3N2. The summed E-state index contributed by atoms with van der Waals surface area (Å²) in [6.07, 6.45) is -3.85. The molecule has 0 amide bonds. The predicted molar refractivity (Wildman–Crippen MR) is 90.0 cm³/mol. The van der Waals surface area contributed by atoms with E-state index in [1.807, 2.05) is 31.2 Å². The molecule has 0 spiro atoms. The molecule has 1 aromatic heterocycles. The van der Waals surface area contributed by atoms with E-state index < -0.39 is 11.7 Å². The summed E-state index contributed by atoms with van der Waals surface area (Å²) in [5, 5.41) is 1.08.